The summed E-state index contributed by atoms with van der Waals surface area (Å²) in [7, 11) is -7.43. The van der Waals surface area contributed by atoms with Crippen molar-refractivity contribution in [1.82, 2.24) is 4.31 Å². The number of hydrogen-bond acceptors (Lipinski definition) is 7. The van der Waals surface area contributed by atoms with Crippen molar-refractivity contribution < 1.29 is 21.8 Å². The van der Waals surface area contributed by atoms with Crippen LogP contribution in [0, 0.1) is 22.0 Å². The Morgan fingerprint density at radius 2 is 1.62 bits per heavy atom. The van der Waals surface area contributed by atoms with Crippen LogP contribution in [-0.4, -0.2) is 51.5 Å². The van der Waals surface area contributed by atoms with Gasteiger partial charge in [0.15, 0.2) is 9.84 Å². The maximum absolute atomic E-state index is 13.1. The smallest absolute Gasteiger partial charge is 0.293 e. The zero-order valence-electron chi connectivity index (χ0n) is 18.0. The third-order valence-corrected chi connectivity index (χ3v) is 8.99. The Bertz CT molecular complexity index is 1170. The summed E-state index contributed by atoms with van der Waals surface area (Å²) in [6, 6.07) is 11.6. The molecule has 2 atom stereocenters. The van der Waals surface area contributed by atoms with E-state index >= 15 is 0 Å². The van der Waals surface area contributed by atoms with Crippen molar-refractivity contribution in [2.45, 2.75) is 30.1 Å². The predicted molar refractivity (Wildman–Crippen MR) is 122 cm³/mol. The molecule has 1 heterocycles. The molecule has 2 aromatic carbocycles. The van der Waals surface area contributed by atoms with Crippen LogP contribution in [0.15, 0.2) is 58.3 Å². The number of nitro benzene ring substituents is 1. The van der Waals surface area contributed by atoms with Gasteiger partial charge in [-0.3, -0.25) is 10.1 Å². The van der Waals surface area contributed by atoms with E-state index in [0.29, 0.717) is 13.1 Å². The first kappa shape index (κ1) is 24.1. The number of anilines is 1. The molecule has 3 rings (SSSR count). The number of nitrogens with zero attached hydrogens (tertiary/aromatic N) is 2. The van der Waals surface area contributed by atoms with Crippen LogP contribution in [0.1, 0.15) is 20.3 Å². The lowest BCUT2D eigenvalue weighted by atomic mass is 9.94. The number of hydrogen-bond donors (Lipinski definition) is 1. The molecule has 0 amide bonds. The van der Waals surface area contributed by atoms with Crippen LogP contribution in [0.3, 0.4) is 0 Å². The minimum atomic E-state index is -3.88. The third kappa shape index (κ3) is 5.45. The van der Waals surface area contributed by atoms with Gasteiger partial charge >= 0.3 is 0 Å². The lowest BCUT2D eigenvalue weighted by Crippen LogP contribution is -2.42. The van der Waals surface area contributed by atoms with E-state index in [2.05, 4.69) is 5.32 Å². The van der Waals surface area contributed by atoms with Gasteiger partial charge in [0.05, 0.1) is 20.5 Å². The monoisotopic (exact) mass is 481 g/mol. The van der Waals surface area contributed by atoms with Gasteiger partial charge in [0.25, 0.3) is 5.69 Å². The summed E-state index contributed by atoms with van der Waals surface area (Å²) in [5.74, 6) is 0.143. The van der Waals surface area contributed by atoms with Gasteiger partial charge in [-0.2, -0.15) is 4.31 Å². The van der Waals surface area contributed by atoms with Crippen LogP contribution < -0.4 is 5.32 Å². The minimum Gasteiger partial charge on any atom is -0.378 e. The third-order valence-electron chi connectivity index (χ3n) is 5.43. The van der Waals surface area contributed by atoms with Gasteiger partial charge in [0, 0.05) is 25.7 Å². The molecule has 1 aliphatic heterocycles. The number of sulfone groups is 1. The predicted octanol–water partition coefficient (Wildman–Crippen LogP) is 3.15. The molecule has 0 bridgehead atoms. The first-order chi connectivity index (χ1) is 15.0. The van der Waals surface area contributed by atoms with E-state index in [1.54, 1.807) is 18.2 Å². The SMILES string of the molecule is C[C@@H]1C[C@H](C)CN(S(=O)(=O)c2ccc(NCCS(=O)(=O)c3ccccc3)c([N+](=O)[O-])c2)C1. The minimum absolute atomic E-state index is 0.0642. The van der Waals surface area contributed by atoms with Crippen molar-refractivity contribution in [3.8, 4) is 0 Å². The molecule has 1 fully saturated rings. The first-order valence-corrected chi connectivity index (χ1v) is 13.4. The van der Waals surface area contributed by atoms with Gasteiger partial charge in [-0.05, 0) is 42.5 Å². The largest absolute Gasteiger partial charge is 0.378 e. The fourth-order valence-corrected chi connectivity index (χ4v) is 6.87. The van der Waals surface area contributed by atoms with Crippen molar-refractivity contribution in [1.29, 1.82) is 0 Å². The molecule has 0 aromatic heterocycles. The molecule has 11 heteroatoms. The number of nitrogens with one attached hydrogen (secondary N) is 1. The fraction of sp³-hybridized carbons (Fsp3) is 0.429. The molecule has 174 valence electrons. The van der Waals surface area contributed by atoms with E-state index in [-0.39, 0.29) is 39.6 Å². The second-order valence-corrected chi connectivity index (χ2v) is 12.3. The molecule has 0 aliphatic carbocycles. The van der Waals surface area contributed by atoms with E-state index in [1.165, 1.54) is 28.6 Å². The molecule has 9 nitrogen and oxygen atoms in total. The summed E-state index contributed by atoms with van der Waals surface area (Å²) in [5, 5.41) is 14.4. The Kier molecular flexibility index (Phi) is 7.21. The normalized spacial score (nSPS) is 20.1. The summed E-state index contributed by atoms with van der Waals surface area (Å²) in [4.78, 5) is 11.0. The highest BCUT2D eigenvalue weighted by atomic mass is 32.2. The number of nitro groups is 1. The Morgan fingerprint density at radius 1 is 1.00 bits per heavy atom. The lowest BCUT2D eigenvalue weighted by molar-refractivity contribution is -0.384. The molecule has 2 aromatic rings. The van der Waals surface area contributed by atoms with Crippen LogP contribution in [-0.2, 0) is 19.9 Å². The Hall–Kier alpha value is -2.50. The Balaban J connectivity index is 1.78. The summed E-state index contributed by atoms with van der Waals surface area (Å²) in [6.07, 6.45) is 0.931. The second-order valence-electron chi connectivity index (χ2n) is 8.26. The van der Waals surface area contributed by atoms with Gasteiger partial charge in [0.1, 0.15) is 5.69 Å². The maximum atomic E-state index is 13.1. The van der Waals surface area contributed by atoms with Crippen LogP contribution >= 0.6 is 0 Å². The van der Waals surface area contributed by atoms with Crippen LogP contribution in [0.25, 0.3) is 0 Å². The molecule has 0 saturated carbocycles. The van der Waals surface area contributed by atoms with E-state index in [0.717, 1.165) is 12.5 Å². The average Bonchev–Trinajstić information content (AvgIpc) is 2.73. The van der Waals surface area contributed by atoms with Crippen LogP contribution in [0.4, 0.5) is 11.4 Å². The Labute approximate surface area is 188 Å². The topological polar surface area (TPSA) is 127 Å². The molecular weight excluding hydrogens is 454 g/mol. The highest BCUT2D eigenvalue weighted by Gasteiger charge is 2.33. The molecule has 0 spiro atoms. The number of sulfonamides is 1. The van der Waals surface area contributed by atoms with Crippen molar-refractivity contribution in [2.24, 2.45) is 11.8 Å². The molecule has 0 radical (unpaired) electrons. The van der Waals surface area contributed by atoms with Crippen molar-refractivity contribution in [3.05, 3.63) is 58.6 Å². The molecule has 1 N–H and O–H groups in total. The highest BCUT2D eigenvalue weighted by Crippen LogP contribution is 2.31. The van der Waals surface area contributed by atoms with Gasteiger partial charge in [-0.1, -0.05) is 32.0 Å². The quantitative estimate of drug-likeness (QED) is 0.453. The van der Waals surface area contributed by atoms with E-state index in [1.807, 2.05) is 13.8 Å². The zero-order chi connectivity index (χ0) is 23.5. The van der Waals surface area contributed by atoms with Crippen LogP contribution in [0.5, 0.6) is 0 Å². The van der Waals surface area contributed by atoms with E-state index in [9.17, 15) is 26.9 Å². The second kappa shape index (κ2) is 9.55. The van der Waals surface area contributed by atoms with Crippen LogP contribution in [0.2, 0.25) is 0 Å². The summed E-state index contributed by atoms with van der Waals surface area (Å²) < 4.78 is 52.3. The van der Waals surface area contributed by atoms with Crippen molar-refractivity contribution >= 4 is 31.2 Å². The van der Waals surface area contributed by atoms with Gasteiger partial charge in [0.2, 0.25) is 10.0 Å². The van der Waals surface area contributed by atoms with E-state index in [4.69, 9.17) is 0 Å². The first-order valence-electron chi connectivity index (χ1n) is 10.3. The standard InChI is InChI=1S/C21H27N3O6S2/c1-16-12-17(2)15-23(14-16)32(29,30)19-8-9-20(21(13-19)24(25)26)22-10-11-31(27,28)18-6-4-3-5-7-18/h3-9,13,16-17,22H,10-12,14-15H2,1-2H3/t16-,17+. The summed E-state index contributed by atoms with van der Waals surface area (Å²) >= 11 is 0. The zero-order valence-corrected chi connectivity index (χ0v) is 19.6. The summed E-state index contributed by atoms with van der Waals surface area (Å²) in [5.41, 5.74) is -0.348. The molecular formula is C21H27N3O6S2. The van der Waals surface area contributed by atoms with Crippen molar-refractivity contribution in [2.75, 3.05) is 30.7 Å². The van der Waals surface area contributed by atoms with E-state index < -0.39 is 30.5 Å². The molecule has 32 heavy (non-hydrogen) atoms. The fourth-order valence-electron chi connectivity index (χ4n) is 3.99. The van der Waals surface area contributed by atoms with Gasteiger partial charge in [-0.15, -0.1) is 0 Å². The number of benzene rings is 2. The molecule has 1 aliphatic rings. The molecule has 1 saturated heterocycles. The summed E-state index contributed by atoms with van der Waals surface area (Å²) in [6.45, 7) is 4.65. The number of piperidine rings is 1. The van der Waals surface area contributed by atoms with Gasteiger partial charge < -0.3 is 5.32 Å². The lowest BCUT2D eigenvalue weighted by Gasteiger charge is -2.34. The van der Waals surface area contributed by atoms with Crippen molar-refractivity contribution in [3.63, 3.8) is 0 Å². The number of rotatable bonds is 8. The Morgan fingerprint density at radius 3 is 2.22 bits per heavy atom. The highest BCUT2D eigenvalue weighted by molar-refractivity contribution is 7.91. The maximum Gasteiger partial charge on any atom is 0.293 e. The molecule has 0 unspecified atom stereocenters. The average molecular weight is 482 g/mol. The van der Waals surface area contributed by atoms with Gasteiger partial charge in [-0.25, -0.2) is 16.8 Å².